The van der Waals surface area contributed by atoms with Crippen molar-refractivity contribution in [2.24, 2.45) is 0 Å². The lowest BCUT2D eigenvalue weighted by molar-refractivity contribution is -0.387. The first-order valence-electron chi connectivity index (χ1n) is 8.77. The number of esters is 1. The highest BCUT2D eigenvalue weighted by Crippen LogP contribution is 2.22. The van der Waals surface area contributed by atoms with Crippen molar-refractivity contribution in [2.75, 3.05) is 11.9 Å². The summed E-state index contributed by atoms with van der Waals surface area (Å²) < 4.78 is 19.8. The summed E-state index contributed by atoms with van der Waals surface area (Å²) in [5.74, 6) is -2.45. The number of rotatable bonds is 6. The normalized spacial score (nSPS) is 10.6. The van der Waals surface area contributed by atoms with E-state index in [0.717, 1.165) is 29.6 Å². The molecule has 0 atom stereocenters. The fourth-order valence-corrected chi connectivity index (χ4v) is 2.86. The number of anilines is 1. The lowest BCUT2D eigenvalue weighted by Gasteiger charge is -2.09. The molecule has 0 radical (unpaired) electrons. The van der Waals surface area contributed by atoms with E-state index in [9.17, 15) is 24.1 Å². The highest BCUT2D eigenvalue weighted by molar-refractivity contribution is 6.33. The van der Waals surface area contributed by atoms with Crippen LogP contribution in [0.1, 0.15) is 21.9 Å². The Hall–Kier alpha value is -3.86. The van der Waals surface area contributed by atoms with Crippen LogP contribution in [0.3, 0.4) is 0 Å². The van der Waals surface area contributed by atoms with Crippen LogP contribution < -0.4 is 5.32 Å². The monoisotopic (exact) mass is 447 g/mol. The number of nitrogens with zero attached hydrogens (tertiary/aromatic N) is 4. The van der Waals surface area contributed by atoms with Crippen LogP contribution in [0, 0.1) is 29.8 Å². The molecule has 0 spiro atoms. The number of halogens is 2. The molecule has 1 N–H and O–H groups in total. The molecule has 0 aliphatic carbocycles. The van der Waals surface area contributed by atoms with E-state index in [2.05, 4.69) is 15.4 Å². The van der Waals surface area contributed by atoms with E-state index >= 15 is 0 Å². The van der Waals surface area contributed by atoms with E-state index in [4.69, 9.17) is 16.3 Å². The zero-order chi connectivity index (χ0) is 22.7. The number of carbonyl (C=O) groups excluding carboxylic acids is 2. The van der Waals surface area contributed by atoms with Crippen molar-refractivity contribution >= 4 is 34.9 Å². The number of ether oxygens (including phenoxy) is 1. The molecule has 2 aromatic heterocycles. The number of nitro benzene ring substituents is 1. The first-order chi connectivity index (χ1) is 14.7. The van der Waals surface area contributed by atoms with Gasteiger partial charge in [-0.1, -0.05) is 11.6 Å². The largest absolute Gasteiger partial charge is 0.451 e. The van der Waals surface area contributed by atoms with Crippen molar-refractivity contribution in [3.63, 3.8) is 0 Å². The van der Waals surface area contributed by atoms with Gasteiger partial charge in [0.25, 0.3) is 5.91 Å². The smallest absolute Gasteiger partial charge is 0.359 e. The maximum atomic E-state index is 13.4. The highest BCUT2D eigenvalue weighted by Gasteiger charge is 2.19. The lowest BCUT2D eigenvalue weighted by Crippen LogP contribution is -2.22. The Bertz CT molecular complexity index is 1200. The zero-order valence-electron chi connectivity index (χ0n) is 16.3. The van der Waals surface area contributed by atoms with Crippen LogP contribution in [0.25, 0.3) is 5.82 Å². The quantitative estimate of drug-likeness (QED) is 0.348. The molecule has 3 aromatic rings. The number of carbonyl (C=O) groups is 2. The standard InChI is InChI=1S/C19H15ClFN5O5/c1-10-7-11(2)25(24-10)16-6-4-13(20)18(23-16)19(28)31-9-17(27)22-12-3-5-14(21)15(8-12)26(29)30/h3-8H,9H2,1-2H3,(H,22,27). The van der Waals surface area contributed by atoms with E-state index in [1.165, 1.54) is 10.7 Å². The lowest BCUT2D eigenvalue weighted by atomic mass is 10.2. The molecular formula is C19H15ClFN5O5. The minimum atomic E-state index is -1.04. The SMILES string of the molecule is Cc1cc(C)n(-c2ccc(Cl)c(C(=O)OCC(=O)Nc3ccc(F)c([N+](=O)[O-])c3)n2)n1. The van der Waals surface area contributed by atoms with Crippen LogP contribution in [0.5, 0.6) is 0 Å². The van der Waals surface area contributed by atoms with Gasteiger partial charge in [0.05, 0.1) is 15.6 Å². The number of nitrogens with one attached hydrogen (secondary N) is 1. The summed E-state index contributed by atoms with van der Waals surface area (Å²) in [7, 11) is 0. The predicted octanol–water partition coefficient (Wildman–Crippen LogP) is 3.38. The van der Waals surface area contributed by atoms with Crippen molar-refractivity contribution in [1.82, 2.24) is 14.8 Å². The summed E-state index contributed by atoms with van der Waals surface area (Å²) in [6.07, 6.45) is 0. The van der Waals surface area contributed by atoms with Gasteiger partial charge in [0.15, 0.2) is 18.1 Å². The fraction of sp³-hybridized carbons (Fsp3) is 0.158. The van der Waals surface area contributed by atoms with Crippen molar-refractivity contribution < 1.29 is 23.6 Å². The summed E-state index contributed by atoms with van der Waals surface area (Å²) >= 11 is 6.04. The summed E-state index contributed by atoms with van der Waals surface area (Å²) in [5.41, 5.74) is 0.510. The number of nitro groups is 1. The van der Waals surface area contributed by atoms with Crippen LogP contribution in [-0.4, -0.2) is 38.2 Å². The molecule has 1 aromatic carbocycles. The molecule has 0 aliphatic heterocycles. The summed E-state index contributed by atoms with van der Waals surface area (Å²) in [5, 5.41) is 17.3. The van der Waals surface area contributed by atoms with E-state index in [1.807, 2.05) is 19.9 Å². The van der Waals surface area contributed by atoms with E-state index < -0.39 is 34.9 Å². The molecule has 0 saturated heterocycles. The average Bonchev–Trinajstić information content (AvgIpc) is 3.05. The number of amides is 1. The van der Waals surface area contributed by atoms with E-state index in [-0.39, 0.29) is 16.4 Å². The zero-order valence-corrected chi connectivity index (χ0v) is 17.0. The molecule has 2 heterocycles. The van der Waals surface area contributed by atoms with Crippen molar-refractivity contribution in [3.05, 3.63) is 74.4 Å². The Balaban J connectivity index is 1.69. The molecule has 3 rings (SSSR count). The van der Waals surface area contributed by atoms with Gasteiger partial charge in [-0.05, 0) is 44.2 Å². The number of aromatic nitrogens is 3. The molecule has 1 amide bonds. The Morgan fingerprint density at radius 1 is 1.26 bits per heavy atom. The molecule has 12 heteroatoms. The molecule has 0 fully saturated rings. The second-order valence-corrected chi connectivity index (χ2v) is 6.79. The second kappa shape index (κ2) is 8.88. The maximum Gasteiger partial charge on any atom is 0.359 e. The summed E-state index contributed by atoms with van der Waals surface area (Å²) in [6.45, 7) is 2.91. The van der Waals surface area contributed by atoms with E-state index in [0.29, 0.717) is 5.82 Å². The molecule has 0 unspecified atom stereocenters. The molecule has 160 valence electrons. The van der Waals surface area contributed by atoms with Gasteiger partial charge >= 0.3 is 11.7 Å². The van der Waals surface area contributed by atoms with Gasteiger partial charge in [-0.3, -0.25) is 14.9 Å². The first-order valence-corrected chi connectivity index (χ1v) is 9.14. The van der Waals surface area contributed by atoms with Crippen molar-refractivity contribution in [1.29, 1.82) is 0 Å². The number of pyridine rings is 1. The number of benzene rings is 1. The van der Waals surface area contributed by atoms with Gasteiger partial charge in [-0.2, -0.15) is 9.49 Å². The molecule has 31 heavy (non-hydrogen) atoms. The molecule has 0 saturated carbocycles. The Labute approximate surface area is 179 Å². The van der Waals surface area contributed by atoms with Crippen LogP contribution in [0.2, 0.25) is 5.02 Å². The molecule has 0 aliphatic rings. The summed E-state index contributed by atoms with van der Waals surface area (Å²) in [6, 6.07) is 7.69. The van der Waals surface area contributed by atoms with Crippen LogP contribution in [0.15, 0.2) is 36.4 Å². The van der Waals surface area contributed by atoms with E-state index in [1.54, 1.807) is 6.07 Å². The number of hydrogen-bond donors (Lipinski definition) is 1. The number of hydrogen-bond acceptors (Lipinski definition) is 7. The van der Waals surface area contributed by atoms with Gasteiger partial charge in [0.2, 0.25) is 5.82 Å². The second-order valence-electron chi connectivity index (χ2n) is 6.39. The van der Waals surface area contributed by atoms with Crippen LogP contribution in [0.4, 0.5) is 15.8 Å². The highest BCUT2D eigenvalue weighted by atomic mass is 35.5. The van der Waals surface area contributed by atoms with Gasteiger partial charge in [-0.15, -0.1) is 0 Å². The Morgan fingerprint density at radius 2 is 2.00 bits per heavy atom. The van der Waals surface area contributed by atoms with Gasteiger partial charge in [0.1, 0.15) is 0 Å². The minimum absolute atomic E-state index is 0.0184. The third-order valence-corrected chi connectivity index (χ3v) is 4.32. The number of aryl methyl sites for hydroxylation is 2. The third-order valence-electron chi connectivity index (χ3n) is 4.01. The van der Waals surface area contributed by atoms with Gasteiger partial charge in [0, 0.05) is 17.4 Å². The topological polar surface area (TPSA) is 129 Å². The van der Waals surface area contributed by atoms with Crippen LogP contribution >= 0.6 is 11.6 Å². The minimum Gasteiger partial charge on any atom is -0.451 e. The molecular weight excluding hydrogens is 433 g/mol. The van der Waals surface area contributed by atoms with Crippen molar-refractivity contribution in [2.45, 2.75) is 13.8 Å². The van der Waals surface area contributed by atoms with Gasteiger partial charge < -0.3 is 10.1 Å². The summed E-state index contributed by atoms with van der Waals surface area (Å²) in [4.78, 5) is 38.4. The molecule has 10 nitrogen and oxygen atoms in total. The average molecular weight is 448 g/mol. The van der Waals surface area contributed by atoms with Crippen molar-refractivity contribution in [3.8, 4) is 5.82 Å². The van der Waals surface area contributed by atoms with Crippen LogP contribution in [-0.2, 0) is 9.53 Å². The van der Waals surface area contributed by atoms with Gasteiger partial charge in [-0.25, -0.2) is 14.5 Å². The fourth-order valence-electron chi connectivity index (χ4n) is 2.68. The first kappa shape index (κ1) is 21.8. The maximum absolute atomic E-state index is 13.4. The Morgan fingerprint density at radius 3 is 2.65 bits per heavy atom. The third kappa shape index (κ3) is 5.01. The Kier molecular flexibility index (Phi) is 6.25. The predicted molar refractivity (Wildman–Crippen MR) is 108 cm³/mol. The molecule has 0 bridgehead atoms.